The minimum absolute atomic E-state index is 0.0693. The van der Waals surface area contributed by atoms with Crippen LogP contribution < -0.4 is 33.6 Å². The first-order valence-electron chi connectivity index (χ1n) is 8.23. The molecule has 0 aliphatic heterocycles. The maximum atomic E-state index is 12.4. The Morgan fingerprint density at radius 1 is 0.643 bits per heavy atom. The summed E-state index contributed by atoms with van der Waals surface area (Å²) in [6, 6.07) is 14.0. The molecule has 0 unspecified atom stereocenters. The molecule has 28 heavy (non-hydrogen) atoms. The van der Waals surface area contributed by atoms with Crippen molar-refractivity contribution in [3.8, 4) is 0 Å². The number of anilines is 6. The number of benzene rings is 2. The number of nitrogens with two attached hydrogens (primary N) is 4. The predicted molar refractivity (Wildman–Crippen MR) is 111 cm³/mol. The van der Waals surface area contributed by atoms with Crippen molar-refractivity contribution in [3.05, 3.63) is 66.0 Å². The number of carbonyl (C=O) groups excluding carboxylic acids is 2. The van der Waals surface area contributed by atoms with Crippen molar-refractivity contribution >= 4 is 45.9 Å². The van der Waals surface area contributed by atoms with Crippen molar-refractivity contribution in [3.63, 3.8) is 0 Å². The van der Waals surface area contributed by atoms with E-state index in [9.17, 15) is 9.59 Å². The number of aromatic nitrogens is 1. The molecular formula is C19H19N7O2. The lowest BCUT2D eigenvalue weighted by molar-refractivity contribution is 0.101. The minimum atomic E-state index is -0.490. The largest absolute Gasteiger partial charge is 0.397 e. The van der Waals surface area contributed by atoms with Crippen LogP contribution in [0.25, 0.3) is 0 Å². The molecule has 0 saturated heterocycles. The minimum Gasteiger partial charge on any atom is -0.397 e. The van der Waals surface area contributed by atoms with Crippen molar-refractivity contribution in [2.45, 2.75) is 0 Å². The van der Waals surface area contributed by atoms with E-state index in [1.165, 1.54) is 24.3 Å². The molecule has 0 aliphatic carbocycles. The molecule has 10 N–H and O–H groups in total. The zero-order valence-corrected chi connectivity index (χ0v) is 14.8. The highest BCUT2D eigenvalue weighted by Crippen LogP contribution is 2.21. The Balaban J connectivity index is 1.75. The SMILES string of the molecule is Nc1ccc(NC(=O)c2cccc(C(=O)Nc3ccc(N)c(N)c3)n2)cc1N. The Bertz CT molecular complexity index is 985. The van der Waals surface area contributed by atoms with Crippen molar-refractivity contribution in [2.75, 3.05) is 33.6 Å². The smallest absolute Gasteiger partial charge is 0.274 e. The summed E-state index contributed by atoms with van der Waals surface area (Å²) in [5, 5.41) is 5.31. The van der Waals surface area contributed by atoms with Crippen LogP contribution in [0.2, 0.25) is 0 Å². The summed E-state index contributed by atoms with van der Waals surface area (Å²) in [6.07, 6.45) is 0. The molecule has 0 bridgehead atoms. The van der Waals surface area contributed by atoms with E-state index in [0.29, 0.717) is 34.1 Å². The number of amides is 2. The van der Waals surface area contributed by atoms with Crippen LogP contribution in [0.4, 0.5) is 34.1 Å². The van der Waals surface area contributed by atoms with Gasteiger partial charge in [-0.25, -0.2) is 4.98 Å². The van der Waals surface area contributed by atoms with Gasteiger partial charge in [0.05, 0.1) is 22.7 Å². The molecule has 142 valence electrons. The van der Waals surface area contributed by atoms with E-state index >= 15 is 0 Å². The highest BCUT2D eigenvalue weighted by molar-refractivity contribution is 6.06. The van der Waals surface area contributed by atoms with Gasteiger partial charge in [-0.3, -0.25) is 9.59 Å². The third kappa shape index (κ3) is 4.10. The zero-order valence-electron chi connectivity index (χ0n) is 14.8. The van der Waals surface area contributed by atoms with Crippen molar-refractivity contribution in [1.29, 1.82) is 0 Å². The number of rotatable bonds is 4. The van der Waals surface area contributed by atoms with Crippen LogP contribution in [-0.4, -0.2) is 16.8 Å². The summed E-state index contributed by atoms with van der Waals surface area (Å²) in [7, 11) is 0. The van der Waals surface area contributed by atoms with E-state index in [0.717, 1.165) is 0 Å². The second-order valence-corrected chi connectivity index (χ2v) is 6.00. The molecule has 0 spiro atoms. The van der Waals surface area contributed by atoms with Gasteiger partial charge in [-0.1, -0.05) is 6.07 Å². The number of nitrogen functional groups attached to an aromatic ring is 4. The van der Waals surface area contributed by atoms with E-state index < -0.39 is 11.8 Å². The first kappa shape index (κ1) is 18.5. The molecule has 1 heterocycles. The number of pyridine rings is 1. The Morgan fingerprint density at radius 3 is 1.46 bits per heavy atom. The number of hydrogen-bond donors (Lipinski definition) is 6. The lowest BCUT2D eigenvalue weighted by Crippen LogP contribution is -2.18. The van der Waals surface area contributed by atoms with Crippen LogP contribution in [0.1, 0.15) is 21.0 Å². The number of nitrogens with one attached hydrogen (secondary N) is 2. The van der Waals surface area contributed by atoms with Crippen molar-refractivity contribution < 1.29 is 9.59 Å². The van der Waals surface area contributed by atoms with Crippen LogP contribution in [0.3, 0.4) is 0 Å². The third-order valence-corrected chi connectivity index (χ3v) is 3.90. The van der Waals surface area contributed by atoms with E-state index in [1.807, 2.05) is 0 Å². The van der Waals surface area contributed by atoms with Crippen molar-refractivity contribution in [1.82, 2.24) is 4.98 Å². The van der Waals surface area contributed by atoms with Crippen LogP contribution in [0.15, 0.2) is 54.6 Å². The van der Waals surface area contributed by atoms with Gasteiger partial charge in [0.1, 0.15) is 11.4 Å². The summed E-state index contributed by atoms with van der Waals surface area (Å²) in [6.45, 7) is 0. The highest BCUT2D eigenvalue weighted by Gasteiger charge is 2.13. The first-order chi connectivity index (χ1) is 13.3. The summed E-state index contributed by atoms with van der Waals surface area (Å²) < 4.78 is 0. The van der Waals surface area contributed by atoms with Gasteiger partial charge in [0, 0.05) is 11.4 Å². The molecule has 0 fully saturated rings. The number of carbonyl (C=O) groups is 2. The fourth-order valence-electron chi connectivity index (χ4n) is 2.38. The molecule has 0 atom stereocenters. The molecule has 0 radical (unpaired) electrons. The Labute approximate surface area is 160 Å². The number of hydrogen-bond acceptors (Lipinski definition) is 7. The molecule has 3 rings (SSSR count). The molecule has 9 heteroatoms. The molecule has 2 amide bonds. The lowest BCUT2D eigenvalue weighted by atomic mass is 10.2. The van der Waals surface area contributed by atoms with Crippen molar-refractivity contribution in [2.24, 2.45) is 0 Å². The molecule has 2 aromatic carbocycles. The lowest BCUT2D eigenvalue weighted by Gasteiger charge is -2.09. The average molecular weight is 377 g/mol. The molecule has 0 aliphatic rings. The van der Waals surface area contributed by atoms with Gasteiger partial charge >= 0.3 is 0 Å². The predicted octanol–water partition coefficient (Wildman–Crippen LogP) is 1.92. The van der Waals surface area contributed by atoms with E-state index in [-0.39, 0.29) is 11.4 Å². The fourth-order valence-corrected chi connectivity index (χ4v) is 2.38. The maximum absolute atomic E-state index is 12.4. The van der Waals surface area contributed by atoms with Gasteiger partial charge < -0.3 is 33.6 Å². The standard InChI is InChI=1S/C19H19N7O2/c20-12-6-4-10(8-14(12)22)24-18(27)16-2-1-3-17(26-16)19(28)25-11-5-7-13(21)15(23)9-11/h1-9H,20-23H2,(H,24,27)(H,25,28). The van der Waals surface area contributed by atoms with Gasteiger partial charge in [-0.05, 0) is 48.5 Å². The molecular weight excluding hydrogens is 358 g/mol. The Hall–Kier alpha value is -4.27. The monoisotopic (exact) mass is 377 g/mol. The van der Waals surface area contributed by atoms with Crippen LogP contribution in [0.5, 0.6) is 0 Å². The van der Waals surface area contributed by atoms with Gasteiger partial charge in [0.2, 0.25) is 0 Å². The molecule has 3 aromatic rings. The summed E-state index contributed by atoms with van der Waals surface area (Å²) in [4.78, 5) is 28.9. The van der Waals surface area contributed by atoms with E-state index in [1.54, 1.807) is 30.3 Å². The van der Waals surface area contributed by atoms with E-state index in [4.69, 9.17) is 22.9 Å². The summed E-state index contributed by atoms with van der Waals surface area (Å²) in [5.41, 5.74) is 25.4. The normalized spacial score (nSPS) is 10.3. The van der Waals surface area contributed by atoms with E-state index in [2.05, 4.69) is 15.6 Å². The fraction of sp³-hybridized carbons (Fsp3) is 0. The average Bonchev–Trinajstić information content (AvgIpc) is 2.67. The Morgan fingerprint density at radius 2 is 1.07 bits per heavy atom. The van der Waals surface area contributed by atoms with Crippen LogP contribution in [-0.2, 0) is 0 Å². The summed E-state index contributed by atoms with van der Waals surface area (Å²) in [5.74, 6) is -0.980. The van der Waals surface area contributed by atoms with Gasteiger partial charge in [0.15, 0.2) is 0 Å². The third-order valence-electron chi connectivity index (χ3n) is 3.90. The topological polar surface area (TPSA) is 175 Å². The first-order valence-corrected chi connectivity index (χ1v) is 8.23. The Kier molecular flexibility index (Phi) is 4.99. The molecule has 9 nitrogen and oxygen atoms in total. The van der Waals surface area contributed by atoms with Gasteiger partial charge in [-0.2, -0.15) is 0 Å². The second-order valence-electron chi connectivity index (χ2n) is 6.00. The maximum Gasteiger partial charge on any atom is 0.274 e. The number of nitrogens with zero attached hydrogens (tertiary/aromatic N) is 1. The highest BCUT2D eigenvalue weighted by atomic mass is 16.2. The zero-order chi connectivity index (χ0) is 20.3. The molecule has 1 aromatic heterocycles. The molecule has 0 saturated carbocycles. The van der Waals surface area contributed by atoms with Crippen LogP contribution >= 0.6 is 0 Å². The van der Waals surface area contributed by atoms with Crippen LogP contribution in [0, 0.1) is 0 Å². The quantitative estimate of drug-likeness (QED) is 0.376. The van der Waals surface area contributed by atoms with Gasteiger partial charge in [0.25, 0.3) is 11.8 Å². The van der Waals surface area contributed by atoms with Gasteiger partial charge in [-0.15, -0.1) is 0 Å². The summed E-state index contributed by atoms with van der Waals surface area (Å²) >= 11 is 0. The second kappa shape index (κ2) is 7.54.